The quantitative estimate of drug-likeness (QED) is 0.371. The second kappa shape index (κ2) is 6.82. The smallest absolute Gasteiger partial charge is 0.338 e. The van der Waals surface area contributed by atoms with Crippen LogP contribution < -0.4 is 0 Å². The number of rotatable bonds is 6. The summed E-state index contributed by atoms with van der Waals surface area (Å²) in [6.45, 7) is 13.7. The van der Waals surface area contributed by atoms with E-state index < -0.39 is 54.6 Å². The van der Waals surface area contributed by atoms with Gasteiger partial charge >= 0.3 is 5.97 Å². The van der Waals surface area contributed by atoms with Crippen LogP contribution in [0.5, 0.6) is 0 Å². The van der Waals surface area contributed by atoms with Crippen molar-refractivity contribution < 1.29 is 36.0 Å². The molecule has 4 atom stereocenters. The number of ether oxygens (including phenoxy) is 3. The minimum Gasteiger partial charge on any atom is -0.455 e. The molecule has 0 saturated carbocycles. The highest BCUT2D eigenvalue weighted by molar-refractivity contribution is 7.86. The van der Waals surface area contributed by atoms with Crippen molar-refractivity contribution in [3.63, 3.8) is 0 Å². The van der Waals surface area contributed by atoms with Crippen molar-refractivity contribution in [1.82, 2.24) is 0 Å². The highest BCUT2D eigenvalue weighted by Gasteiger charge is 2.59. The number of carbonyl (C=O) groups excluding carboxylic acids is 1. The number of carbonyl (C=O) groups is 1. The Kier molecular flexibility index (Phi) is 5.71. The lowest BCUT2D eigenvalue weighted by Gasteiger charge is -2.37. The van der Waals surface area contributed by atoms with Gasteiger partial charge in [0.15, 0.2) is 26.3 Å². The molecule has 2 fully saturated rings. The Morgan fingerprint density at radius 2 is 1.81 bits per heavy atom. The van der Waals surface area contributed by atoms with Gasteiger partial charge in [-0.3, -0.25) is 4.18 Å². The third-order valence-electron chi connectivity index (χ3n) is 5.02. The molecule has 0 spiro atoms. The van der Waals surface area contributed by atoms with Crippen molar-refractivity contribution in [3.05, 3.63) is 0 Å². The van der Waals surface area contributed by atoms with E-state index in [2.05, 4.69) is 20.8 Å². The summed E-state index contributed by atoms with van der Waals surface area (Å²) in [6, 6.07) is 0. The van der Waals surface area contributed by atoms with E-state index in [4.69, 9.17) is 22.8 Å². The molecule has 2 unspecified atom stereocenters. The highest BCUT2D eigenvalue weighted by atomic mass is 32.2. The van der Waals surface area contributed by atoms with E-state index >= 15 is 0 Å². The lowest BCUT2D eigenvalue weighted by molar-refractivity contribution is -0.193. The molecule has 0 N–H and O–H groups in total. The van der Waals surface area contributed by atoms with Gasteiger partial charge in [0.05, 0.1) is 12.9 Å². The molecule has 152 valence electrons. The van der Waals surface area contributed by atoms with Crippen LogP contribution in [0, 0.1) is 0 Å². The Morgan fingerprint density at radius 3 is 2.31 bits per heavy atom. The monoisotopic (exact) mass is 410 g/mol. The first-order valence-corrected chi connectivity index (χ1v) is 13.3. The van der Waals surface area contributed by atoms with Crippen LogP contribution >= 0.6 is 0 Å². The van der Waals surface area contributed by atoms with Gasteiger partial charge in [-0.05, 0) is 32.0 Å². The number of cyclic esters (lactones) is 1. The minimum atomic E-state index is -3.79. The van der Waals surface area contributed by atoms with Crippen LogP contribution in [0.4, 0.5) is 0 Å². The van der Waals surface area contributed by atoms with Gasteiger partial charge in [0.25, 0.3) is 10.1 Å². The molecular weight excluding hydrogens is 380 g/mol. The Bertz CT molecular complexity index is 652. The predicted octanol–water partition coefficient (Wildman–Crippen LogP) is 1.80. The van der Waals surface area contributed by atoms with Crippen LogP contribution in [-0.4, -0.2) is 65.8 Å². The molecule has 2 saturated heterocycles. The van der Waals surface area contributed by atoms with Crippen LogP contribution in [0.2, 0.25) is 18.1 Å². The molecule has 0 radical (unpaired) electrons. The molecule has 0 bridgehead atoms. The maximum absolute atomic E-state index is 12.1. The van der Waals surface area contributed by atoms with Gasteiger partial charge in [0, 0.05) is 0 Å². The Morgan fingerprint density at radius 1 is 1.23 bits per heavy atom. The number of hydrogen-bond acceptors (Lipinski definition) is 8. The summed E-state index contributed by atoms with van der Waals surface area (Å²) in [7, 11) is -5.95. The van der Waals surface area contributed by atoms with Crippen molar-refractivity contribution in [2.45, 2.75) is 83.0 Å². The molecule has 2 aliphatic rings. The fourth-order valence-corrected chi connectivity index (χ4v) is 4.30. The van der Waals surface area contributed by atoms with Crippen LogP contribution in [0.25, 0.3) is 0 Å². The standard InChI is InChI=1S/C16H30O8SSi/c1-15(2,3)26(7,8)20-9-10(24-25(6,18)19)11-12-13(14(17)21-11)23-16(4,5)22-12/h10-13H,9H2,1-8H3/t10?,11-,12-,13?/m1/s1. The first kappa shape index (κ1) is 21.8. The predicted molar refractivity (Wildman–Crippen MR) is 96.6 cm³/mol. The Labute approximate surface area is 156 Å². The second-order valence-corrected chi connectivity index (χ2v) is 15.2. The Hall–Kier alpha value is -0.523. The fourth-order valence-electron chi connectivity index (χ4n) is 2.68. The summed E-state index contributed by atoms with van der Waals surface area (Å²) in [5.41, 5.74) is 0. The number of esters is 1. The minimum absolute atomic E-state index is 0.0193. The largest absolute Gasteiger partial charge is 0.455 e. The average molecular weight is 411 g/mol. The Balaban J connectivity index is 2.21. The second-order valence-electron chi connectivity index (χ2n) is 8.83. The van der Waals surface area contributed by atoms with Crippen LogP contribution in [0.3, 0.4) is 0 Å². The molecule has 0 aromatic rings. The fraction of sp³-hybridized carbons (Fsp3) is 0.938. The SMILES string of the molecule is CC1(C)OC2C(=O)O[C@H](C(CO[Si](C)(C)C(C)(C)C)OS(C)(=O)=O)[C@H]2O1. The molecule has 0 aromatic heterocycles. The maximum atomic E-state index is 12.1. The van der Waals surface area contributed by atoms with E-state index in [-0.39, 0.29) is 11.6 Å². The van der Waals surface area contributed by atoms with E-state index in [1.54, 1.807) is 13.8 Å². The molecule has 0 aromatic carbocycles. The zero-order valence-electron chi connectivity index (χ0n) is 16.7. The van der Waals surface area contributed by atoms with E-state index in [1.165, 1.54) is 0 Å². The van der Waals surface area contributed by atoms with Crippen LogP contribution in [0.1, 0.15) is 34.6 Å². The van der Waals surface area contributed by atoms with Crippen molar-refractivity contribution in [2.75, 3.05) is 12.9 Å². The van der Waals surface area contributed by atoms with Crippen LogP contribution in [0.15, 0.2) is 0 Å². The highest BCUT2D eigenvalue weighted by Crippen LogP contribution is 2.40. The van der Waals surface area contributed by atoms with E-state index in [1.807, 2.05) is 13.1 Å². The molecule has 0 amide bonds. The summed E-state index contributed by atoms with van der Waals surface area (Å²) >= 11 is 0. The zero-order chi connectivity index (χ0) is 20.1. The molecule has 10 heteroatoms. The molecule has 2 aliphatic heterocycles. The molecule has 0 aliphatic carbocycles. The molecular formula is C16H30O8SSi. The number of fused-ring (bicyclic) bond motifs is 1. The average Bonchev–Trinajstić information content (AvgIpc) is 2.87. The molecule has 2 heterocycles. The first-order valence-electron chi connectivity index (χ1n) is 8.61. The summed E-state index contributed by atoms with van der Waals surface area (Å²) < 4.78 is 51.5. The van der Waals surface area contributed by atoms with Gasteiger partial charge in [0.2, 0.25) is 0 Å². The van der Waals surface area contributed by atoms with Gasteiger partial charge in [-0.25, -0.2) is 4.79 Å². The van der Waals surface area contributed by atoms with Crippen molar-refractivity contribution in [1.29, 1.82) is 0 Å². The maximum Gasteiger partial charge on any atom is 0.338 e. The van der Waals surface area contributed by atoms with Crippen molar-refractivity contribution in [3.8, 4) is 0 Å². The van der Waals surface area contributed by atoms with Gasteiger partial charge in [-0.15, -0.1) is 0 Å². The van der Waals surface area contributed by atoms with Gasteiger partial charge < -0.3 is 18.6 Å². The number of hydrogen-bond donors (Lipinski definition) is 0. The third kappa shape index (κ3) is 4.85. The summed E-state index contributed by atoms with van der Waals surface area (Å²) in [4.78, 5) is 12.1. The van der Waals surface area contributed by atoms with Gasteiger partial charge in [0.1, 0.15) is 12.2 Å². The van der Waals surface area contributed by atoms with E-state index in [9.17, 15) is 13.2 Å². The van der Waals surface area contributed by atoms with E-state index in [0.717, 1.165) is 6.26 Å². The summed E-state index contributed by atoms with van der Waals surface area (Å²) in [6.07, 6.45) is -2.61. The molecule has 8 nitrogen and oxygen atoms in total. The van der Waals surface area contributed by atoms with Gasteiger partial charge in [-0.1, -0.05) is 20.8 Å². The zero-order valence-corrected chi connectivity index (χ0v) is 18.5. The van der Waals surface area contributed by atoms with E-state index in [0.29, 0.717) is 0 Å². The summed E-state index contributed by atoms with van der Waals surface area (Å²) in [5.74, 6) is -1.54. The lowest BCUT2D eigenvalue weighted by atomic mass is 10.1. The molecule has 26 heavy (non-hydrogen) atoms. The summed E-state index contributed by atoms with van der Waals surface area (Å²) in [5, 5.41) is -0.0630. The van der Waals surface area contributed by atoms with Crippen LogP contribution in [-0.2, 0) is 37.7 Å². The first-order chi connectivity index (χ1) is 11.5. The topological polar surface area (TPSA) is 97.4 Å². The lowest BCUT2D eigenvalue weighted by Crippen LogP contribution is -2.48. The van der Waals surface area contributed by atoms with Gasteiger partial charge in [-0.2, -0.15) is 8.42 Å². The van der Waals surface area contributed by atoms with Crippen molar-refractivity contribution in [2.24, 2.45) is 0 Å². The van der Waals surface area contributed by atoms with Crippen molar-refractivity contribution >= 4 is 24.4 Å². The third-order valence-corrected chi connectivity index (χ3v) is 10.1. The molecule has 2 rings (SSSR count). The normalized spacial score (nSPS) is 30.2.